The van der Waals surface area contributed by atoms with Gasteiger partial charge in [0.25, 0.3) is 0 Å². The van der Waals surface area contributed by atoms with Gasteiger partial charge in [-0.25, -0.2) is 9.98 Å². The van der Waals surface area contributed by atoms with Crippen molar-refractivity contribution in [3.8, 4) is 0 Å². The van der Waals surface area contributed by atoms with Gasteiger partial charge in [0.2, 0.25) is 0 Å². The lowest BCUT2D eigenvalue weighted by Gasteiger charge is -2.11. The van der Waals surface area contributed by atoms with Crippen LogP contribution in [-0.4, -0.2) is 27.3 Å². The molecular weight excluding hydrogens is 480 g/mol. The van der Waals surface area contributed by atoms with Crippen LogP contribution >= 0.6 is 35.3 Å². The predicted molar refractivity (Wildman–Crippen MR) is 107 cm³/mol. The minimum Gasteiger partial charge on any atom is -0.357 e. The first-order valence-corrected chi connectivity index (χ1v) is 8.57. The molecule has 0 saturated heterocycles. The number of aryl methyl sites for hydroxylation is 3. The van der Waals surface area contributed by atoms with Crippen molar-refractivity contribution in [1.29, 1.82) is 0 Å². The van der Waals surface area contributed by atoms with Crippen molar-refractivity contribution >= 4 is 41.3 Å². The van der Waals surface area contributed by atoms with Gasteiger partial charge in [-0.15, -0.1) is 35.3 Å². The van der Waals surface area contributed by atoms with Crippen molar-refractivity contribution in [1.82, 2.24) is 25.4 Å². The maximum Gasteiger partial charge on any atom is 0.435 e. The van der Waals surface area contributed by atoms with E-state index >= 15 is 0 Å². The van der Waals surface area contributed by atoms with Gasteiger partial charge in [0.1, 0.15) is 0 Å². The molecule has 0 atom stereocenters. The molecule has 0 aliphatic heterocycles. The first kappa shape index (κ1) is 22.7. The first-order valence-electron chi connectivity index (χ1n) is 7.75. The third-order valence-corrected chi connectivity index (χ3v) is 4.41. The Morgan fingerprint density at radius 2 is 2.00 bits per heavy atom. The molecule has 0 amide bonds. The molecule has 0 fully saturated rings. The fraction of sp³-hybridized carbons (Fsp3) is 0.533. The molecule has 0 aliphatic rings. The number of thiazole rings is 1. The number of guanidine groups is 1. The van der Waals surface area contributed by atoms with Crippen LogP contribution in [0.5, 0.6) is 0 Å². The largest absolute Gasteiger partial charge is 0.435 e. The van der Waals surface area contributed by atoms with E-state index in [4.69, 9.17) is 0 Å². The number of aromatic nitrogens is 3. The second kappa shape index (κ2) is 9.53. The summed E-state index contributed by atoms with van der Waals surface area (Å²) >= 11 is 1.58. The molecule has 2 rings (SSSR count). The van der Waals surface area contributed by atoms with E-state index in [0.29, 0.717) is 19.0 Å². The van der Waals surface area contributed by atoms with Crippen molar-refractivity contribution in [2.24, 2.45) is 12.0 Å². The highest BCUT2D eigenvalue weighted by molar-refractivity contribution is 14.0. The molecule has 0 saturated carbocycles. The van der Waals surface area contributed by atoms with E-state index in [1.54, 1.807) is 11.3 Å². The number of hydrogen-bond donors (Lipinski definition) is 2. The Kier molecular flexibility index (Phi) is 8.31. The fourth-order valence-corrected chi connectivity index (χ4v) is 3.18. The Morgan fingerprint density at radius 3 is 2.54 bits per heavy atom. The van der Waals surface area contributed by atoms with Gasteiger partial charge in [-0.05, 0) is 20.8 Å². The molecule has 0 bridgehead atoms. The maximum atomic E-state index is 13.0. The lowest BCUT2D eigenvalue weighted by atomic mass is 10.2. The Bertz CT molecular complexity index is 753. The van der Waals surface area contributed by atoms with Gasteiger partial charge in [-0.1, -0.05) is 0 Å². The van der Waals surface area contributed by atoms with E-state index in [1.165, 1.54) is 13.2 Å². The van der Waals surface area contributed by atoms with E-state index in [9.17, 15) is 13.2 Å². The van der Waals surface area contributed by atoms with Gasteiger partial charge in [-0.3, -0.25) is 4.68 Å². The van der Waals surface area contributed by atoms with Crippen LogP contribution in [0.4, 0.5) is 13.2 Å². The summed E-state index contributed by atoms with van der Waals surface area (Å²) < 4.78 is 40.1. The monoisotopic (exact) mass is 502 g/mol. The summed E-state index contributed by atoms with van der Waals surface area (Å²) in [6, 6.07) is 0. The minimum atomic E-state index is -4.49. The standard InChI is InChI=1S/C15H21F3N6S.HI/c1-5-19-14(21-7-12-9(2)22-10(3)25-12)20-6-11-8-24(4)23-13(11)15(16,17)18;/h8H,5-7H2,1-4H3,(H2,19,20,21);1H. The second-order valence-electron chi connectivity index (χ2n) is 5.46. The Hall–Kier alpha value is -1.37. The van der Waals surface area contributed by atoms with Crippen LogP contribution in [0.3, 0.4) is 0 Å². The van der Waals surface area contributed by atoms with E-state index < -0.39 is 11.9 Å². The van der Waals surface area contributed by atoms with E-state index in [0.717, 1.165) is 20.3 Å². The van der Waals surface area contributed by atoms with Gasteiger partial charge in [-0.2, -0.15) is 18.3 Å². The van der Waals surface area contributed by atoms with Crippen molar-refractivity contribution in [2.75, 3.05) is 6.54 Å². The van der Waals surface area contributed by atoms with Crippen LogP contribution in [0.25, 0.3) is 0 Å². The van der Waals surface area contributed by atoms with Gasteiger partial charge in [0, 0.05) is 30.2 Å². The number of aliphatic imine (C=N–C) groups is 1. The zero-order valence-electron chi connectivity index (χ0n) is 14.9. The summed E-state index contributed by atoms with van der Waals surface area (Å²) in [7, 11) is 1.46. The molecule has 2 N–H and O–H groups in total. The average Bonchev–Trinajstić information content (AvgIpc) is 3.03. The summed E-state index contributed by atoms with van der Waals surface area (Å²) in [4.78, 5) is 9.67. The normalized spacial score (nSPS) is 12.0. The predicted octanol–water partition coefficient (Wildman–Crippen LogP) is 3.39. The molecule has 11 heteroatoms. The zero-order valence-corrected chi connectivity index (χ0v) is 18.1. The highest BCUT2D eigenvalue weighted by Gasteiger charge is 2.36. The number of halogens is 4. The van der Waals surface area contributed by atoms with Crippen LogP contribution in [0.15, 0.2) is 11.2 Å². The molecule has 0 radical (unpaired) electrons. The minimum absolute atomic E-state index is 0. The van der Waals surface area contributed by atoms with E-state index in [2.05, 4.69) is 25.7 Å². The molecule has 2 heterocycles. The van der Waals surface area contributed by atoms with Gasteiger partial charge in [0.15, 0.2) is 11.7 Å². The molecule has 0 aromatic carbocycles. The number of nitrogens with zero attached hydrogens (tertiary/aromatic N) is 4. The van der Waals surface area contributed by atoms with Crippen molar-refractivity contribution in [3.63, 3.8) is 0 Å². The molecule has 26 heavy (non-hydrogen) atoms. The zero-order chi connectivity index (χ0) is 18.6. The van der Waals surface area contributed by atoms with E-state index in [-0.39, 0.29) is 36.1 Å². The Labute approximate surface area is 171 Å². The Morgan fingerprint density at radius 1 is 1.31 bits per heavy atom. The van der Waals surface area contributed by atoms with Crippen LogP contribution in [0.1, 0.15) is 33.8 Å². The maximum absolute atomic E-state index is 13.0. The summed E-state index contributed by atoms with van der Waals surface area (Å²) in [6.45, 7) is 6.76. The molecule has 146 valence electrons. The lowest BCUT2D eigenvalue weighted by Crippen LogP contribution is -2.36. The third kappa shape index (κ3) is 6.11. The van der Waals surface area contributed by atoms with Crippen LogP contribution < -0.4 is 10.6 Å². The van der Waals surface area contributed by atoms with Crippen molar-refractivity contribution in [2.45, 2.75) is 40.0 Å². The smallest absolute Gasteiger partial charge is 0.357 e. The average molecular weight is 502 g/mol. The van der Waals surface area contributed by atoms with Crippen molar-refractivity contribution < 1.29 is 13.2 Å². The molecule has 2 aromatic heterocycles. The molecule has 0 unspecified atom stereocenters. The molecule has 0 spiro atoms. The van der Waals surface area contributed by atoms with Crippen LogP contribution in [0, 0.1) is 13.8 Å². The van der Waals surface area contributed by atoms with Crippen LogP contribution in [0.2, 0.25) is 0 Å². The second-order valence-corrected chi connectivity index (χ2v) is 6.75. The quantitative estimate of drug-likeness (QED) is 0.374. The van der Waals surface area contributed by atoms with Gasteiger partial charge < -0.3 is 10.6 Å². The molecule has 0 aliphatic carbocycles. The van der Waals surface area contributed by atoms with Gasteiger partial charge in [0.05, 0.1) is 23.8 Å². The summed E-state index contributed by atoms with van der Waals surface area (Å²) in [5.41, 5.74) is 0.0815. The molecule has 2 aromatic rings. The number of rotatable bonds is 5. The van der Waals surface area contributed by atoms with E-state index in [1.807, 2.05) is 20.8 Å². The topological polar surface area (TPSA) is 67.1 Å². The number of nitrogens with one attached hydrogen (secondary N) is 2. The van der Waals surface area contributed by atoms with Gasteiger partial charge >= 0.3 is 6.18 Å². The number of alkyl halides is 3. The molecule has 6 nitrogen and oxygen atoms in total. The first-order chi connectivity index (χ1) is 11.7. The van der Waals surface area contributed by atoms with Crippen molar-refractivity contribution in [3.05, 3.63) is 33.0 Å². The highest BCUT2D eigenvalue weighted by Crippen LogP contribution is 2.30. The number of hydrogen-bond acceptors (Lipinski definition) is 4. The molecular formula is C15H22F3IN6S. The summed E-state index contributed by atoms with van der Waals surface area (Å²) in [6.07, 6.45) is -3.15. The van der Waals surface area contributed by atoms with Crippen LogP contribution in [-0.2, 0) is 26.3 Å². The fourth-order valence-electron chi connectivity index (χ4n) is 2.30. The SMILES string of the molecule is CCNC(=NCc1cn(C)nc1C(F)(F)F)NCc1sc(C)nc1C.I. The third-order valence-electron chi connectivity index (χ3n) is 3.34. The highest BCUT2D eigenvalue weighted by atomic mass is 127. The Balaban J connectivity index is 0.00000338. The summed E-state index contributed by atoms with van der Waals surface area (Å²) in [5.74, 6) is 0.449. The lowest BCUT2D eigenvalue weighted by molar-refractivity contribution is -0.142. The summed E-state index contributed by atoms with van der Waals surface area (Å²) in [5, 5.41) is 10.6.